The molecule has 0 heterocycles. The summed E-state index contributed by atoms with van der Waals surface area (Å²) >= 11 is 0. The summed E-state index contributed by atoms with van der Waals surface area (Å²) in [5.74, 6) is -0.367. The Labute approximate surface area is 114 Å². The number of carbonyl (C=O) groups is 2. The highest BCUT2D eigenvalue weighted by Gasteiger charge is 2.59. The lowest BCUT2D eigenvalue weighted by molar-refractivity contribution is -0.138. The number of aliphatic carboxylic acids is 1. The van der Waals surface area contributed by atoms with Crippen LogP contribution in [0.15, 0.2) is 0 Å². The van der Waals surface area contributed by atoms with Crippen LogP contribution in [-0.4, -0.2) is 29.2 Å². The van der Waals surface area contributed by atoms with Gasteiger partial charge in [-0.3, -0.25) is 4.79 Å². The standard InChI is InChI=1S/C14H24N2O3/c1-8(10(17)18)15-12(19)16-11-13(2,3)9-5-6-14(11,4)7-9/h8-9,11H,5-7H2,1-4H3,(H,17,18)(H2,15,16,19)/t8-,9?,11?,14?/m1/s1. The summed E-state index contributed by atoms with van der Waals surface area (Å²) in [5.41, 5.74) is 0.231. The molecular weight excluding hydrogens is 244 g/mol. The summed E-state index contributed by atoms with van der Waals surface area (Å²) in [7, 11) is 0. The van der Waals surface area contributed by atoms with E-state index in [1.165, 1.54) is 13.3 Å². The van der Waals surface area contributed by atoms with Crippen LogP contribution in [-0.2, 0) is 4.79 Å². The molecule has 2 fully saturated rings. The van der Waals surface area contributed by atoms with Crippen LogP contribution in [0, 0.1) is 16.7 Å². The number of carbonyl (C=O) groups excluding carboxylic acids is 1. The van der Waals surface area contributed by atoms with E-state index in [2.05, 4.69) is 31.4 Å². The molecule has 2 aliphatic rings. The highest BCUT2D eigenvalue weighted by molar-refractivity contribution is 5.82. The number of hydrogen-bond acceptors (Lipinski definition) is 2. The fourth-order valence-electron chi connectivity index (χ4n) is 4.09. The van der Waals surface area contributed by atoms with Crippen molar-refractivity contribution in [1.82, 2.24) is 10.6 Å². The van der Waals surface area contributed by atoms with Crippen molar-refractivity contribution < 1.29 is 14.7 Å². The second-order valence-electron chi connectivity index (χ2n) is 7.03. The van der Waals surface area contributed by atoms with Crippen LogP contribution in [0.1, 0.15) is 47.0 Å². The quantitative estimate of drug-likeness (QED) is 0.732. The van der Waals surface area contributed by atoms with E-state index in [9.17, 15) is 9.59 Å². The number of carboxylic acid groups (broad SMARTS) is 1. The van der Waals surface area contributed by atoms with Gasteiger partial charge in [0.15, 0.2) is 0 Å². The Bertz CT molecular complexity index is 403. The first-order chi connectivity index (χ1) is 8.67. The van der Waals surface area contributed by atoms with Gasteiger partial charge in [0.25, 0.3) is 0 Å². The fraction of sp³-hybridized carbons (Fsp3) is 0.857. The van der Waals surface area contributed by atoms with Crippen LogP contribution < -0.4 is 10.6 Å². The van der Waals surface area contributed by atoms with Crippen LogP contribution in [0.3, 0.4) is 0 Å². The van der Waals surface area contributed by atoms with Crippen LogP contribution in [0.4, 0.5) is 4.79 Å². The zero-order chi connectivity index (χ0) is 14.4. The van der Waals surface area contributed by atoms with E-state index in [1.807, 2.05) is 0 Å². The molecule has 2 saturated carbocycles. The van der Waals surface area contributed by atoms with Crippen molar-refractivity contribution in [3.05, 3.63) is 0 Å². The third kappa shape index (κ3) is 2.30. The molecule has 0 aromatic carbocycles. The van der Waals surface area contributed by atoms with Crippen LogP contribution >= 0.6 is 0 Å². The van der Waals surface area contributed by atoms with Crippen LogP contribution in [0.25, 0.3) is 0 Å². The lowest BCUT2D eigenvalue weighted by atomic mass is 9.68. The van der Waals surface area contributed by atoms with E-state index in [0.29, 0.717) is 5.92 Å². The Kier molecular flexibility index (Phi) is 3.27. The number of amides is 2. The smallest absolute Gasteiger partial charge is 0.325 e. The number of hydrogen-bond donors (Lipinski definition) is 3. The maximum absolute atomic E-state index is 11.9. The number of nitrogens with one attached hydrogen (secondary N) is 2. The van der Waals surface area contributed by atoms with E-state index in [1.54, 1.807) is 0 Å². The van der Waals surface area contributed by atoms with Gasteiger partial charge in [-0.1, -0.05) is 20.8 Å². The topological polar surface area (TPSA) is 78.4 Å². The fourth-order valence-corrected chi connectivity index (χ4v) is 4.09. The summed E-state index contributed by atoms with van der Waals surface area (Å²) in [5, 5.41) is 14.3. The van der Waals surface area contributed by atoms with E-state index in [4.69, 9.17) is 5.11 Å². The SMILES string of the molecule is C[C@@H](NC(=O)NC1C2(C)CCC(C2)C1(C)C)C(=O)O. The Hall–Kier alpha value is -1.26. The molecule has 0 saturated heterocycles. The van der Waals surface area contributed by atoms with Crippen molar-refractivity contribution >= 4 is 12.0 Å². The average Bonchev–Trinajstić information content (AvgIpc) is 2.75. The maximum Gasteiger partial charge on any atom is 0.325 e. The highest BCUT2D eigenvalue weighted by atomic mass is 16.4. The Balaban J connectivity index is 2.03. The molecule has 3 unspecified atom stereocenters. The molecule has 2 amide bonds. The summed E-state index contributed by atoms with van der Waals surface area (Å²) in [6.07, 6.45) is 3.52. The Morgan fingerprint density at radius 1 is 1.32 bits per heavy atom. The average molecular weight is 268 g/mol. The van der Waals surface area contributed by atoms with Gasteiger partial charge < -0.3 is 15.7 Å². The molecule has 0 radical (unpaired) electrons. The number of carboxylic acids is 1. The molecule has 0 spiro atoms. The van der Waals surface area contributed by atoms with Gasteiger partial charge in [-0.05, 0) is 42.9 Å². The van der Waals surface area contributed by atoms with Gasteiger partial charge in [-0.25, -0.2) is 4.79 Å². The number of fused-ring (bicyclic) bond motifs is 2. The summed E-state index contributed by atoms with van der Waals surface area (Å²) in [6, 6.07) is -1.13. The first kappa shape index (κ1) is 14.2. The van der Waals surface area contributed by atoms with Crippen LogP contribution in [0.5, 0.6) is 0 Å². The molecule has 2 rings (SSSR count). The number of rotatable bonds is 3. The molecule has 2 aliphatic carbocycles. The molecule has 5 nitrogen and oxygen atoms in total. The molecule has 19 heavy (non-hydrogen) atoms. The molecule has 108 valence electrons. The molecular formula is C14H24N2O3. The number of urea groups is 1. The van der Waals surface area contributed by atoms with Gasteiger partial charge in [-0.2, -0.15) is 0 Å². The van der Waals surface area contributed by atoms with Crippen molar-refractivity contribution in [3.63, 3.8) is 0 Å². The molecule has 3 N–H and O–H groups in total. The second-order valence-corrected chi connectivity index (χ2v) is 7.03. The molecule has 0 aromatic rings. The summed E-state index contributed by atoms with van der Waals surface area (Å²) < 4.78 is 0. The zero-order valence-corrected chi connectivity index (χ0v) is 12.1. The highest BCUT2D eigenvalue weighted by Crippen LogP contribution is 2.62. The van der Waals surface area contributed by atoms with Crippen LogP contribution in [0.2, 0.25) is 0 Å². The lowest BCUT2D eigenvalue weighted by Gasteiger charge is -2.43. The van der Waals surface area contributed by atoms with Crippen molar-refractivity contribution in [1.29, 1.82) is 0 Å². The van der Waals surface area contributed by atoms with E-state index in [-0.39, 0.29) is 22.9 Å². The third-order valence-corrected chi connectivity index (χ3v) is 5.26. The van der Waals surface area contributed by atoms with Gasteiger partial charge in [0.05, 0.1) is 0 Å². The minimum Gasteiger partial charge on any atom is -0.480 e. The van der Waals surface area contributed by atoms with Gasteiger partial charge in [0, 0.05) is 6.04 Å². The first-order valence-electron chi connectivity index (χ1n) is 6.96. The molecule has 0 aliphatic heterocycles. The Morgan fingerprint density at radius 2 is 1.95 bits per heavy atom. The molecule has 5 heteroatoms. The molecule has 4 atom stereocenters. The summed E-state index contributed by atoms with van der Waals surface area (Å²) in [4.78, 5) is 22.7. The van der Waals surface area contributed by atoms with E-state index in [0.717, 1.165) is 12.8 Å². The van der Waals surface area contributed by atoms with Gasteiger partial charge >= 0.3 is 12.0 Å². The molecule has 0 aromatic heterocycles. The second kappa shape index (κ2) is 4.39. The van der Waals surface area contributed by atoms with Gasteiger partial charge in [0.1, 0.15) is 6.04 Å². The predicted molar refractivity (Wildman–Crippen MR) is 71.8 cm³/mol. The minimum atomic E-state index is -1.02. The first-order valence-corrected chi connectivity index (χ1v) is 6.96. The van der Waals surface area contributed by atoms with Crippen molar-refractivity contribution in [2.24, 2.45) is 16.7 Å². The van der Waals surface area contributed by atoms with Gasteiger partial charge in [0.2, 0.25) is 0 Å². The largest absolute Gasteiger partial charge is 0.480 e. The third-order valence-electron chi connectivity index (χ3n) is 5.26. The summed E-state index contributed by atoms with van der Waals surface area (Å²) in [6.45, 7) is 8.10. The van der Waals surface area contributed by atoms with Crippen molar-refractivity contribution in [3.8, 4) is 0 Å². The van der Waals surface area contributed by atoms with E-state index < -0.39 is 12.0 Å². The predicted octanol–water partition coefficient (Wildman–Crippen LogP) is 1.97. The maximum atomic E-state index is 11.9. The normalized spacial score (nSPS) is 36.8. The van der Waals surface area contributed by atoms with Gasteiger partial charge in [-0.15, -0.1) is 0 Å². The Morgan fingerprint density at radius 3 is 2.42 bits per heavy atom. The molecule has 2 bridgehead atoms. The van der Waals surface area contributed by atoms with Crippen molar-refractivity contribution in [2.45, 2.75) is 59.0 Å². The monoisotopic (exact) mass is 268 g/mol. The van der Waals surface area contributed by atoms with E-state index >= 15 is 0 Å². The minimum absolute atomic E-state index is 0.0802. The lowest BCUT2D eigenvalue weighted by Crippen LogP contribution is -2.56. The zero-order valence-electron chi connectivity index (χ0n) is 12.1. The van der Waals surface area contributed by atoms with Crippen molar-refractivity contribution in [2.75, 3.05) is 0 Å².